The number of benzene rings is 2. The Morgan fingerprint density at radius 1 is 1.09 bits per heavy atom. The summed E-state index contributed by atoms with van der Waals surface area (Å²) in [6.45, 7) is 0.638. The van der Waals surface area contributed by atoms with Crippen LogP contribution in [-0.2, 0) is 14.6 Å². The minimum atomic E-state index is -5.22. The molecule has 2 rings (SSSR count). The van der Waals surface area contributed by atoms with Gasteiger partial charge in [0.05, 0.1) is 39.4 Å². The van der Waals surface area contributed by atoms with Crippen molar-refractivity contribution in [3.8, 4) is 0 Å². The number of rotatable bonds is 8. The number of halogens is 4. The highest BCUT2D eigenvalue weighted by Gasteiger charge is 2.55. The topological polar surface area (TPSA) is 162 Å². The summed E-state index contributed by atoms with van der Waals surface area (Å²) >= 11 is 5.96. The molecule has 0 heterocycles. The van der Waals surface area contributed by atoms with Crippen molar-refractivity contribution in [1.29, 1.82) is 0 Å². The largest absolute Gasteiger partial charge is 0.426 e. The van der Waals surface area contributed by atoms with E-state index in [1.54, 1.807) is 6.07 Å². The SMILES string of the molecule is C[C@@](O)(C(=O)Nc1ccc(S(=O)(=O)c2ccccc2NCCO)cc1Cl)C(F)(F)F.NCCO. The molecule has 2 aromatic rings. The molecular formula is C20H25ClF3N3O6S. The maximum atomic E-state index is 13.0. The van der Waals surface area contributed by atoms with Crippen LogP contribution in [0.4, 0.5) is 24.5 Å². The summed E-state index contributed by atoms with van der Waals surface area (Å²) in [6.07, 6.45) is -5.22. The summed E-state index contributed by atoms with van der Waals surface area (Å²) in [5.41, 5.74) is 1.04. The Balaban J connectivity index is 0.00000133. The van der Waals surface area contributed by atoms with Crippen LogP contribution in [0.2, 0.25) is 5.02 Å². The first-order valence-electron chi connectivity index (χ1n) is 9.63. The van der Waals surface area contributed by atoms with E-state index in [1.807, 2.05) is 5.32 Å². The Morgan fingerprint density at radius 2 is 1.68 bits per heavy atom. The van der Waals surface area contributed by atoms with E-state index >= 15 is 0 Å². The van der Waals surface area contributed by atoms with Gasteiger partial charge in [-0.3, -0.25) is 4.79 Å². The molecule has 9 nitrogen and oxygen atoms in total. The Kier molecular flexibility index (Phi) is 10.7. The molecule has 7 N–H and O–H groups in total. The molecule has 0 aliphatic heterocycles. The van der Waals surface area contributed by atoms with Crippen molar-refractivity contribution >= 4 is 38.7 Å². The van der Waals surface area contributed by atoms with E-state index in [2.05, 4.69) is 5.32 Å². The molecular weight excluding hydrogens is 503 g/mol. The highest BCUT2D eigenvalue weighted by molar-refractivity contribution is 7.91. The summed E-state index contributed by atoms with van der Waals surface area (Å²) in [4.78, 5) is 11.4. The summed E-state index contributed by atoms with van der Waals surface area (Å²) in [6, 6.07) is 8.96. The highest BCUT2D eigenvalue weighted by Crippen LogP contribution is 2.34. The smallest absolute Gasteiger partial charge is 0.395 e. The van der Waals surface area contributed by atoms with Gasteiger partial charge in [0.15, 0.2) is 0 Å². The number of aliphatic hydroxyl groups excluding tert-OH is 2. The Hall–Kier alpha value is -2.42. The number of nitrogens with two attached hydrogens (primary N) is 1. The number of amides is 1. The molecule has 0 saturated carbocycles. The van der Waals surface area contributed by atoms with Gasteiger partial charge in [0.25, 0.3) is 5.91 Å². The quantitative estimate of drug-likeness (QED) is 0.302. The van der Waals surface area contributed by atoms with Gasteiger partial charge in [-0.05, 0) is 37.3 Å². The van der Waals surface area contributed by atoms with Gasteiger partial charge in [0, 0.05) is 13.1 Å². The minimum absolute atomic E-state index is 0.0972. The molecule has 0 aliphatic carbocycles. The number of anilines is 2. The number of hydrogen-bond acceptors (Lipinski definition) is 8. The lowest BCUT2D eigenvalue weighted by molar-refractivity contribution is -0.242. The van der Waals surface area contributed by atoms with Crippen molar-refractivity contribution in [3.05, 3.63) is 47.5 Å². The van der Waals surface area contributed by atoms with Crippen LogP contribution < -0.4 is 16.4 Å². The second-order valence-electron chi connectivity index (χ2n) is 6.83. The Labute approximate surface area is 199 Å². The monoisotopic (exact) mass is 527 g/mol. The van der Waals surface area contributed by atoms with Crippen LogP contribution in [0.25, 0.3) is 0 Å². The number of carbonyl (C=O) groups excluding carboxylic acids is 1. The summed E-state index contributed by atoms with van der Waals surface area (Å²) in [5, 5.41) is 30.4. The van der Waals surface area contributed by atoms with Gasteiger partial charge in [-0.2, -0.15) is 13.2 Å². The third kappa shape index (κ3) is 7.29. The molecule has 0 aliphatic rings. The maximum Gasteiger partial charge on any atom is 0.426 e. The normalized spacial score (nSPS) is 13.3. The fourth-order valence-electron chi connectivity index (χ4n) is 2.30. The summed E-state index contributed by atoms with van der Waals surface area (Å²) < 4.78 is 64.2. The van der Waals surface area contributed by atoms with Crippen molar-refractivity contribution < 1.29 is 41.7 Å². The number of carbonyl (C=O) groups is 1. The molecule has 190 valence electrons. The van der Waals surface area contributed by atoms with Gasteiger partial charge < -0.3 is 31.7 Å². The minimum Gasteiger partial charge on any atom is -0.395 e. The van der Waals surface area contributed by atoms with E-state index in [4.69, 9.17) is 27.5 Å². The lowest BCUT2D eigenvalue weighted by Gasteiger charge is -2.25. The van der Waals surface area contributed by atoms with E-state index in [0.717, 1.165) is 18.2 Å². The maximum absolute atomic E-state index is 13.0. The highest BCUT2D eigenvalue weighted by atomic mass is 35.5. The molecule has 0 saturated heterocycles. The zero-order chi connectivity index (χ0) is 26.2. The van der Waals surface area contributed by atoms with Gasteiger partial charge >= 0.3 is 6.18 Å². The van der Waals surface area contributed by atoms with E-state index in [-0.39, 0.29) is 52.9 Å². The number of hydrogen-bond donors (Lipinski definition) is 6. The van der Waals surface area contributed by atoms with Crippen LogP contribution in [0.5, 0.6) is 0 Å². The molecule has 1 atom stereocenters. The standard InChI is InChI=1S/C18H18ClF3N2O5S.C2H7NO/c1-17(27,18(20,21)22)16(26)24-13-7-6-11(10-12(13)19)30(28,29)15-5-3-2-4-14(15)23-8-9-25;3-1-2-4/h2-7,10,23,25,27H,8-9H2,1H3,(H,24,26);4H,1-3H2/t17-;/m1./s1. The fourth-order valence-corrected chi connectivity index (χ4v) is 4.06. The number of sulfone groups is 1. The van der Waals surface area contributed by atoms with Crippen molar-refractivity contribution in [2.45, 2.75) is 28.5 Å². The number of para-hydroxylation sites is 1. The third-order valence-electron chi connectivity index (χ3n) is 4.23. The van der Waals surface area contributed by atoms with Crippen molar-refractivity contribution in [3.63, 3.8) is 0 Å². The molecule has 34 heavy (non-hydrogen) atoms. The first-order chi connectivity index (χ1) is 15.7. The van der Waals surface area contributed by atoms with E-state index in [1.165, 1.54) is 18.2 Å². The van der Waals surface area contributed by atoms with Crippen molar-refractivity contribution in [1.82, 2.24) is 0 Å². The van der Waals surface area contributed by atoms with Gasteiger partial charge in [-0.25, -0.2) is 8.42 Å². The van der Waals surface area contributed by atoms with Gasteiger partial charge in [0.1, 0.15) is 0 Å². The van der Waals surface area contributed by atoms with Crippen LogP contribution in [0.15, 0.2) is 52.3 Å². The summed E-state index contributed by atoms with van der Waals surface area (Å²) in [5.74, 6) is -1.77. The average Bonchev–Trinajstić information content (AvgIpc) is 2.78. The lowest BCUT2D eigenvalue weighted by Crippen LogP contribution is -2.52. The predicted octanol–water partition coefficient (Wildman–Crippen LogP) is 1.77. The third-order valence-corrected chi connectivity index (χ3v) is 6.35. The van der Waals surface area contributed by atoms with Crippen LogP contribution in [-0.4, -0.2) is 67.7 Å². The average molecular weight is 528 g/mol. The van der Waals surface area contributed by atoms with Crippen LogP contribution in [0, 0.1) is 0 Å². The van der Waals surface area contributed by atoms with Crippen LogP contribution >= 0.6 is 11.6 Å². The zero-order valence-corrected chi connectivity index (χ0v) is 19.5. The lowest BCUT2D eigenvalue weighted by atomic mass is 10.1. The second kappa shape index (κ2) is 12.3. The fraction of sp³-hybridized carbons (Fsp3) is 0.350. The van der Waals surface area contributed by atoms with Gasteiger partial charge in [-0.1, -0.05) is 23.7 Å². The second-order valence-corrected chi connectivity index (χ2v) is 9.15. The van der Waals surface area contributed by atoms with Crippen LogP contribution in [0.1, 0.15) is 6.92 Å². The Morgan fingerprint density at radius 3 is 2.18 bits per heavy atom. The van der Waals surface area contributed by atoms with E-state index in [9.17, 15) is 31.5 Å². The first kappa shape index (κ1) is 29.6. The van der Waals surface area contributed by atoms with Crippen LogP contribution in [0.3, 0.4) is 0 Å². The van der Waals surface area contributed by atoms with Crippen molar-refractivity contribution in [2.75, 3.05) is 36.9 Å². The Bertz CT molecular complexity index is 1080. The molecule has 0 spiro atoms. The number of aliphatic hydroxyl groups is 3. The molecule has 0 unspecified atom stereocenters. The molecule has 14 heteroatoms. The molecule has 1 amide bonds. The molecule has 2 aromatic carbocycles. The number of nitrogens with one attached hydrogen (secondary N) is 2. The molecule has 0 bridgehead atoms. The van der Waals surface area contributed by atoms with Crippen molar-refractivity contribution in [2.24, 2.45) is 5.73 Å². The zero-order valence-electron chi connectivity index (χ0n) is 17.9. The first-order valence-corrected chi connectivity index (χ1v) is 11.5. The molecule has 0 aromatic heterocycles. The predicted molar refractivity (Wildman–Crippen MR) is 120 cm³/mol. The number of alkyl halides is 3. The van der Waals surface area contributed by atoms with Gasteiger partial charge in [0.2, 0.25) is 15.4 Å². The van der Waals surface area contributed by atoms with E-state index < -0.39 is 27.5 Å². The molecule has 0 radical (unpaired) electrons. The summed E-state index contributed by atoms with van der Waals surface area (Å²) in [7, 11) is -4.09. The molecule has 0 fully saturated rings. The van der Waals surface area contributed by atoms with Gasteiger partial charge in [-0.15, -0.1) is 0 Å². The van der Waals surface area contributed by atoms with E-state index in [0.29, 0.717) is 6.54 Å².